The lowest BCUT2D eigenvalue weighted by Gasteiger charge is -2.31. The number of ether oxygens (including phenoxy) is 1. The average Bonchev–Trinajstić information content (AvgIpc) is 3.05. The highest BCUT2D eigenvalue weighted by molar-refractivity contribution is 5.93. The zero-order valence-corrected chi connectivity index (χ0v) is 12.6. The normalized spacial score (nSPS) is 18.4. The minimum absolute atomic E-state index is 0.108. The molecule has 1 fully saturated rings. The molecule has 0 aromatic carbocycles. The summed E-state index contributed by atoms with van der Waals surface area (Å²) in [5.41, 5.74) is 1.14. The zero-order valence-electron chi connectivity index (χ0n) is 12.6. The molecule has 0 N–H and O–H groups in total. The van der Waals surface area contributed by atoms with E-state index in [1.807, 2.05) is 19.1 Å². The van der Waals surface area contributed by atoms with Crippen LogP contribution in [0.1, 0.15) is 30.3 Å². The van der Waals surface area contributed by atoms with Gasteiger partial charge in [-0.3, -0.25) is 9.78 Å². The van der Waals surface area contributed by atoms with Crippen LogP contribution >= 0.6 is 0 Å². The van der Waals surface area contributed by atoms with Crippen LogP contribution in [0.25, 0.3) is 11.3 Å². The minimum Gasteiger partial charge on any atom is -0.377 e. The van der Waals surface area contributed by atoms with Crippen molar-refractivity contribution in [2.24, 2.45) is 0 Å². The van der Waals surface area contributed by atoms with Gasteiger partial charge in [-0.2, -0.15) is 0 Å². The lowest BCUT2D eigenvalue weighted by atomic mass is 10.1. The lowest BCUT2D eigenvalue weighted by molar-refractivity contribution is 0.00689. The minimum atomic E-state index is -0.108. The summed E-state index contributed by atoms with van der Waals surface area (Å²) in [6, 6.07) is 5.36. The molecule has 1 aliphatic heterocycles. The maximum Gasteiger partial charge on any atom is 0.276 e. The topological polar surface area (TPSA) is 68.5 Å². The number of aromatic nitrogens is 2. The van der Waals surface area contributed by atoms with Crippen LogP contribution < -0.4 is 0 Å². The monoisotopic (exact) mass is 301 g/mol. The van der Waals surface area contributed by atoms with Gasteiger partial charge in [0.25, 0.3) is 5.91 Å². The van der Waals surface area contributed by atoms with E-state index in [1.165, 1.54) is 0 Å². The Morgan fingerprint density at radius 3 is 3.23 bits per heavy atom. The van der Waals surface area contributed by atoms with E-state index in [0.29, 0.717) is 24.6 Å². The van der Waals surface area contributed by atoms with Gasteiger partial charge >= 0.3 is 0 Å². The van der Waals surface area contributed by atoms with E-state index in [1.54, 1.807) is 23.4 Å². The molecule has 3 rings (SSSR count). The Bertz CT molecular complexity index is 625. The molecule has 2 aromatic heterocycles. The molecule has 6 heteroatoms. The second kappa shape index (κ2) is 6.70. The standard InChI is InChI=1S/C16H19N3O3/c1-2-21-13-6-4-8-19(11-13)16(20)14-9-15(22-18-14)12-5-3-7-17-10-12/h3,5,7,9-10,13H,2,4,6,8,11H2,1H3/t13-/m0/s1. The first kappa shape index (κ1) is 14.7. The van der Waals surface area contributed by atoms with Gasteiger partial charge in [-0.05, 0) is 31.9 Å². The summed E-state index contributed by atoms with van der Waals surface area (Å²) in [6.07, 6.45) is 5.43. The van der Waals surface area contributed by atoms with Crippen molar-refractivity contribution in [3.63, 3.8) is 0 Å². The number of piperidine rings is 1. The van der Waals surface area contributed by atoms with Gasteiger partial charge in [-0.15, -0.1) is 0 Å². The molecule has 0 aliphatic carbocycles. The molecule has 3 heterocycles. The number of amides is 1. The molecule has 1 aliphatic rings. The smallest absolute Gasteiger partial charge is 0.276 e. The zero-order chi connectivity index (χ0) is 15.4. The van der Waals surface area contributed by atoms with Crippen LogP contribution in [-0.4, -0.2) is 46.7 Å². The van der Waals surface area contributed by atoms with Crippen LogP contribution in [-0.2, 0) is 4.74 Å². The predicted molar refractivity (Wildman–Crippen MR) is 80.3 cm³/mol. The summed E-state index contributed by atoms with van der Waals surface area (Å²) in [4.78, 5) is 18.3. The molecule has 0 spiro atoms. The Morgan fingerprint density at radius 1 is 1.55 bits per heavy atom. The van der Waals surface area contributed by atoms with Gasteiger partial charge in [-0.25, -0.2) is 0 Å². The molecule has 116 valence electrons. The number of carbonyl (C=O) groups is 1. The van der Waals surface area contributed by atoms with Gasteiger partial charge in [0, 0.05) is 43.7 Å². The summed E-state index contributed by atoms with van der Waals surface area (Å²) in [5, 5.41) is 3.90. The molecule has 6 nitrogen and oxygen atoms in total. The fourth-order valence-corrected chi connectivity index (χ4v) is 2.68. The van der Waals surface area contributed by atoms with E-state index in [2.05, 4.69) is 10.1 Å². The Kier molecular flexibility index (Phi) is 4.48. The van der Waals surface area contributed by atoms with Crippen LogP contribution in [0, 0.1) is 0 Å². The van der Waals surface area contributed by atoms with Crippen LogP contribution in [0.4, 0.5) is 0 Å². The highest BCUT2D eigenvalue weighted by Gasteiger charge is 2.26. The van der Waals surface area contributed by atoms with Gasteiger partial charge in [0.15, 0.2) is 11.5 Å². The van der Waals surface area contributed by atoms with Crippen LogP contribution in [0.3, 0.4) is 0 Å². The van der Waals surface area contributed by atoms with E-state index in [9.17, 15) is 4.79 Å². The predicted octanol–water partition coefficient (Wildman–Crippen LogP) is 2.38. The van der Waals surface area contributed by atoms with Crippen molar-refractivity contribution >= 4 is 5.91 Å². The van der Waals surface area contributed by atoms with Gasteiger partial charge in [-0.1, -0.05) is 5.16 Å². The first-order valence-electron chi connectivity index (χ1n) is 7.56. The first-order chi connectivity index (χ1) is 10.8. The third-order valence-corrected chi connectivity index (χ3v) is 3.74. The lowest BCUT2D eigenvalue weighted by Crippen LogP contribution is -2.43. The van der Waals surface area contributed by atoms with Gasteiger partial charge in [0.2, 0.25) is 0 Å². The molecule has 0 radical (unpaired) electrons. The number of hydrogen-bond acceptors (Lipinski definition) is 5. The van der Waals surface area contributed by atoms with E-state index >= 15 is 0 Å². The van der Waals surface area contributed by atoms with Crippen LogP contribution in [0.15, 0.2) is 35.1 Å². The third-order valence-electron chi connectivity index (χ3n) is 3.74. The van der Waals surface area contributed by atoms with Crippen molar-refractivity contribution in [1.82, 2.24) is 15.0 Å². The molecular formula is C16H19N3O3. The molecule has 0 unspecified atom stereocenters. The summed E-state index contributed by atoms with van der Waals surface area (Å²) >= 11 is 0. The molecule has 22 heavy (non-hydrogen) atoms. The first-order valence-corrected chi connectivity index (χ1v) is 7.56. The third kappa shape index (κ3) is 3.17. The Morgan fingerprint density at radius 2 is 2.45 bits per heavy atom. The molecule has 1 saturated heterocycles. The Balaban J connectivity index is 1.71. The highest BCUT2D eigenvalue weighted by Crippen LogP contribution is 2.21. The Hall–Kier alpha value is -2.21. The van der Waals surface area contributed by atoms with Crippen molar-refractivity contribution in [3.05, 3.63) is 36.3 Å². The number of carbonyl (C=O) groups excluding carboxylic acids is 1. The molecule has 0 bridgehead atoms. The summed E-state index contributed by atoms with van der Waals surface area (Å²) in [6.45, 7) is 3.99. The number of hydrogen-bond donors (Lipinski definition) is 0. The molecule has 2 aromatic rings. The van der Waals surface area contributed by atoms with Crippen LogP contribution in [0.2, 0.25) is 0 Å². The summed E-state index contributed by atoms with van der Waals surface area (Å²) in [5.74, 6) is 0.443. The van der Waals surface area contributed by atoms with Gasteiger partial charge in [0.05, 0.1) is 6.10 Å². The number of likely N-dealkylation sites (tertiary alicyclic amines) is 1. The average molecular weight is 301 g/mol. The van der Waals surface area contributed by atoms with Crippen molar-refractivity contribution < 1.29 is 14.1 Å². The van der Waals surface area contributed by atoms with E-state index < -0.39 is 0 Å². The van der Waals surface area contributed by atoms with E-state index in [-0.39, 0.29) is 12.0 Å². The quantitative estimate of drug-likeness (QED) is 0.867. The van der Waals surface area contributed by atoms with Crippen molar-refractivity contribution in [2.75, 3.05) is 19.7 Å². The van der Waals surface area contributed by atoms with Crippen molar-refractivity contribution in [3.8, 4) is 11.3 Å². The molecular weight excluding hydrogens is 282 g/mol. The molecule has 0 saturated carbocycles. The maximum atomic E-state index is 12.5. The van der Waals surface area contributed by atoms with Crippen molar-refractivity contribution in [2.45, 2.75) is 25.9 Å². The van der Waals surface area contributed by atoms with Crippen LogP contribution in [0.5, 0.6) is 0 Å². The van der Waals surface area contributed by atoms with E-state index in [0.717, 1.165) is 24.9 Å². The van der Waals surface area contributed by atoms with Gasteiger partial charge in [0.1, 0.15) is 0 Å². The SMILES string of the molecule is CCO[C@H]1CCCN(C(=O)c2cc(-c3cccnc3)on2)C1. The fourth-order valence-electron chi connectivity index (χ4n) is 2.68. The number of pyridine rings is 1. The number of rotatable bonds is 4. The highest BCUT2D eigenvalue weighted by atomic mass is 16.5. The number of nitrogens with zero attached hydrogens (tertiary/aromatic N) is 3. The maximum absolute atomic E-state index is 12.5. The molecule has 1 amide bonds. The second-order valence-corrected chi connectivity index (χ2v) is 5.29. The fraction of sp³-hybridized carbons (Fsp3) is 0.438. The Labute approximate surface area is 129 Å². The molecule has 1 atom stereocenters. The largest absolute Gasteiger partial charge is 0.377 e. The van der Waals surface area contributed by atoms with Crippen molar-refractivity contribution in [1.29, 1.82) is 0 Å². The summed E-state index contributed by atoms with van der Waals surface area (Å²) < 4.78 is 10.9. The second-order valence-electron chi connectivity index (χ2n) is 5.29. The van der Waals surface area contributed by atoms with Gasteiger partial charge < -0.3 is 14.2 Å². The summed E-state index contributed by atoms with van der Waals surface area (Å²) in [7, 11) is 0. The van der Waals surface area contributed by atoms with E-state index in [4.69, 9.17) is 9.26 Å².